The third-order valence-corrected chi connectivity index (χ3v) is 3.35. The van der Waals surface area contributed by atoms with Crippen molar-refractivity contribution >= 4 is 45.1 Å². The van der Waals surface area contributed by atoms with Gasteiger partial charge in [0.15, 0.2) is 0 Å². The van der Waals surface area contributed by atoms with Crippen molar-refractivity contribution in [1.82, 2.24) is 0 Å². The first-order valence-electron chi connectivity index (χ1n) is 6.11. The maximum absolute atomic E-state index is 5.81. The van der Waals surface area contributed by atoms with Crippen LogP contribution in [0.15, 0.2) is 45.8 Å². The number of ether oxygens (including phenoxy) is 1. The SMILES string of the molecule is COc1cc2c(cc1N=C(N)CCl)oc1ccccc12. The largest absolute Gasteiger partial charge is 0.494 e. The molecule has 0 aliphatic carbocycles. The molecule has 0 fully saturated rings. The van der Waals surface area contributed by atoms with Gasteiger partial charge in [0.05, 0.1) is 13.0 Å². The molecule has 0 aliphatic heterocycles. The molecule has 3 aromatic rings. The van der Waals surface area contributed by atoms with Crippen molar-refractivity contribution in [3.05, 3.63) is 36.4 Å². The van der Waals surface area contributed by atoms with Gasteiger partial charge in [-0.1, -0.05) is 18.2 Å². The van der Waals surface area contributed by atoms with Gasteiger partial charge >= 0.3 is 0 Å². The van der Waals surface area contributed by atoms with E-state index >= 15 is 0 Å². The fourth-order valence-corrected chi connectivity index (χ4v) is 2.24. The zero-order valence-electron chi connectivity index (χ0n) is 10.9. The lowest BCUT2D eigenvalue weighted by Gasteiger charge is -2.05. The average Bonchev–Trinajstić information content (AvgIpc) is 2.83. The van der Waals surface area contributed by atoms with Crippen LogP contribution in [0.2, 0.25) is 0 Å². The number of benzene rings is 2. The molecule has 2 N–H and O–H groups in total. The van der Waals surface area contributed by atoms with Gasteiger partial charge in [-0.05, 0) is 12.1 Å². The molecule has 0 spiro atoms. The van der Waals surface area contributed by atoms with E-state index < -0.39 is 0 Å². The van der Waals surface area contributed by atoms with Crippen LogP contribution < -0.4 is 10.5 Å². The standard InChI is InChI=1S/C15H13ClN2O2/c1-19-14-6-10-9-4-2-3-5-12(9)20-13(10)7-11(14)18-15(17)8-16/h2-7H,8H2,1H3,(H2,17,18). The van der Waals surface area contributed by atoms with E-state index in [-0.39, 0.29) is 5.88 Å². The van der Waals surface area contributed by atoms with Gasteiger partial charge < -0.3 is 14.9 Å². The summed E-state index contributed by atoms with van der Waals surface area (Å²) in [4.78, 5) is 4.25. The zero-order chi connectivity index (χ0) is 14.1. The minimum atomic E-state index is 0.168. The smallest absolute Gasteiger partial charge is 0.145 e. The van der Waals surface area contributed by atoms with Crippen LogP contribution in [-0.2, 0) is 0 Å². The number of nitrogens with two attached hydrogens (primary N) is 1. The van der Waals surface area contributed by atoms with E-state index in [9.17, 15) is 0 Å². The van der Waals surface area contributed by atoms with Gasteiger partial charge in [0.2, 0.25) is 0 Å². The molecule has 2 aromatic carbocycles. The summed E-state index contributed by atoms with van der Waals surface area (Å²) in [6.07, 6.45) is 0. The van der Waals surface area contributed by atoms with Crippen LogP contribution in [0, 0.1) is 0 Å². The summed E-state index contributed by atoms with van der Waals surface area (Å²) in [5.74, 6) is 1.14. The maximum atomic E-state index is 5.81. The van der Waals surface area contributed by atoms with E-state index in [0.717, 1.165) is 21.9 Å². The van der Waals surface area contributed by atoms with Crippen LogP contribution in [0.5, 0.6) is 5.75 Å². The van der Waals surface area contributed by atoms with Crippen molar-refractivity contribution in [2.24, 2.45) is 10.7 Å². The second-order valence-electron chi connectivity index (χ2n) is 4.36. The highest BCUT2D eigenvalue weighted by Crippen LogP contribution is 2.37. The van der Waals surface area contributed by atoms with Gasteiger partial charge in [0.25, 0.3) is 0 Å². The second-order valence-corrected chi connectivity index (χ2v) is 4.62. The van der Waals surface area contributed by atoms with E-state index in [1.807, 2.05) is 36.4 Å². The van der Waals surface area contributed by atoms with Gasteiger partial charge in [-0.2, -0.15) is 0 Å². The number of para-hydroxylation sites is 1. The summed E-state index contributed by atoms with van der Waals surface area (Å²) in [6.45, 7) is 0. The molecule has 0 atom stereocenters. The van der Waals surface area contributed by atoms with Gasteiger partial charge in [0.1, 0.15) is 28.4 Å². The third kappa shape index (κ3) is 2.08. The number of hydrogen-bond donors (Lipinski definition) is 1. The minimum Gasteiger partial charge on any atom is -0.494 e. The Morgan fingerprint density at radius 1 is 1.25 bits per heavy atom. The number of alkyl halides is 1. The van der Waals surface area contributed by atoms with E-state index in [2.05, 4.69) is 4.99 Å². The molecular weight excluding hydrogens is 276 g/mol. The van der Waals surface area contributed by atoms with Crippen molar-refractivity contribution in [3.8, 4) is 5.75 Å². The van der Waals surface area contributed by atoms with E-state index in [4.69, 9.17) is 26.5 Å². The van der Waals surface area contributed by atoms with Crippen LogP contribution in [0.4, 0.5) is 5.69 Å². The Labute approximate surface area is 120 Å². The van der Waals surface area contributed by atoms with E-state index in [1.165, 1.54) is 0 Å². The molecule has 4 nitrogen and oxygen atoms in total. The maximum Gasteiger partial charge on any atom is 0.145 e. The van der Waals surface area contributed by atoms with Gasteiger partial charge in [0, 0.05) is 16.8 Å². The molecule has 0 amide bonds. The zero-order valence-corrected chi connectivity index (χ0v) is 11.6. The number of methoxy groups -OCH3 is 1. The number of halogens is 1. The summed E-state index contributed by atoms with van der Waals surface area (Å²) in [5, 5.41) is 2.03. The first-order chi connectivity index (χ1) is 9.72. The highest BCUT2D eigenvalue weighted by Gasteiger charge is 2.11. The van der Waals surface area contributed by atoms with Crippen molar-refractivity contribution in [2.75, 3.05) is 13.0 Å². The molecule has 0 unspecified atom stereocenters. The van der Waals surface area contributed by atoms with Crippen LogP contribution >= 0.6 is 11.6 Å². The molecule has 102 valence electrons. The molecule has 5 heteroatoms. The molecule has 0 bridgehead atoms. The second kappa shape index (κ2) is 5.06. The molecule has 3 rings (SSSR count). The quantitative estimate of drug-likeness (QED) is 0.453. The van der Waals surface area contributed by atoms with Crippen molar-refractivity contribution in [3.63, 3.8) is 0 Å². The Balaban J connectivity index is 2.30. The van der Waals surface area contributed by atoms with Gasteiger partial charge in [-0.15, -0.1) is 11.6 Å². The first kappa shape index (κ1) is 12.8. The summed E-state index contributed by atoms with van der Waals surface area (Å²) >= 11 is 5.66. The Morgan fingerprint density at radius 3 is 2.80 bits per heavy atom. The Kier molecular flexibility index (Phi) is 3.24. The normalized spacial score (nSPS) is 12.2. The summed E-state index contributed by atoms with van der Waals surface area (Å²) in [5.41, 5.74) is 7.86. The van der Waals surface area contributed by atoms with Crippen LogP contribution in [0.3, 0.4) is 0 Å². The predicted molar refractivity (Wildman–Crippen MR) is 82.3 cm³/mol. The average molecular weight is 289 g/mol. The number of furan rings is 1. The van der Waals surface area contributed by atoms with Crippen molar-refractivity contribution in [2.45, 2.75) is 0 Å². The van der Waals surface area contributed by atoms with Gasteiger partial charge in [-0.25, -0.2) is 4.99 Å². The highest BCUT2D eigenvalue weighted by atomic mass is 35.5. The van der Waals surface area contributed by atoms with E-state index in [1.54, 1.807) is 7.11 Å². The van der Waals surface area contributed by atoms with Crippen molar-refractivity contribution < 1.29 is 9.15 Å². The molecule has 20 heavy (non-hydrogen) atoms. The number of fused-ring (bicyclic) bond motifs is 3. The fourth-order valence-electron chi connectivity index (χ4n) is 2.18. The van der Waals surface area contributed by atoms with Gasteiger partial charge in [-0.3, -0.25) is 0 Å². The Hall–Kier alpha value is -2.20. The number of aliphatic imine (C=N–C) groups is 1. The minimum absolute atomic E-state index is 0.168. The lowest BCUT2D eigenvalue weighted by atomic mass is 10.1. The van der Waals surface area contributed by atoms with Crippen LogP contribution in [0.1, 0.15) is 0 Å². The summed E-state index contributed by atoms with van der Waals surface area (Å²) in [6, 6.07) is 11.6. The molecular formula is C15H13ClN2O2. The topological polar surface area (TPSA) is 60.8 Å². The summed E-state index contributed by atoms with van der Waals surface area (Å²) < 4.78 is 11.2. The number of amidine groups is 1. The molecule has 1 heterocycles. The highest BCUT2D eigenvalue weighted by molar-refractivity contribution is 6.28. The number of hydrogen-bond acceptors (Lipinski definition) is 3. The summed E-state index contributed by atoms with van der Waals surface area (Å²) in [7, 11) is 1.60. The van der Waals surface area contributed by atoms with E-state index in [0.29, 0.717) is 17.3 Å². The number of rotatable bonds is 3. The number of nitrogens with zero attached hydrogens (tertiary/aromatic N) is 1. The molecule has 0 saturated heterocycles. The lowest BCUT2D eigenvalue weighted by molar-refractivity contribution is 0.416. The molecule has 0 aliphatic rings. The van der Waals surface area contributed by atoms with Crippen LogP contribution in [-0.4, -0.2) is 18.8 Å². The molecule has 0 saturated carbocycles. The predicted octanol–water partition coefficient (Wildman–Crippen LogP) is 3.82. The fraction of sp³-hybridized carbons (Fsp3) is 0.133. The molecule has 1 aromatic heterocycles. The first-order valence-corrected chi connectivity index (χ1v) is 6.64. The van der Waals surface area contributed by atoms with Crippen LogP contribution in [0.25, 0.3) is 21.9 Å². The monoisotopic (exact) mass is 288 g/mol. The third-order valence-electron chi connectivity index (χ3n) is 3.08. The molecule has 0 radical (unpaired) electrons. The Morgan fingerprint density at radius 2 is 2.05 bits per heavy atom. The van der Waals surface area contributed by atoms with Crippen molar-refractivity contribution in [1.29, 1.82) is 0 Å². The lowest BCUT2D eigenvalue weighted by Crippen LogP contribution is -2.12. The Bertz CT molecular complexity index is 808.